The zero-order valence-corrected chi connectivity index (χ0v) is 12.5. The van der Waals surface area contributed by atoms with Crippen LogP contribution in [-0.4, -0.2) is 24.2 Å². The number of hydrogen-bond donors (Lipinski definition) is 1. The monoisotopic (exact) mass is 298 g/mol. The molecule has 0 atom stereocenters. The minimum Gasteiger partial charge on any atom is -0.493 e. The molecule has 0 aliphatic carbocycles. The largest absolute Gasteiger partial charge is 0.493 e. The van der Waals surface area contributed by atoms with Crippen molar-refractivity contribution in [3.8, 4) is 22.9 Å². The SMILES string of the molecule is COc1ccc(-c2nc(=S)c3ccccc3[nH]2)cc1OC. The van der Waals surface area contributed by atoms with Crippen LogP contribution in [0.25, 0.3) is 22.3 Å². The van der Waals surface area contributed by atoms with Crippen LogP contribution in [0.4, 0.5) is 0 Å². The highest BCUT2D eigenvalue weighted by molar-refractivity contribution is 7.71. The van der Waals surface area contributed by atoms with E-state index in [9.17, 15) is 0 Å². The van der Waals surface area contributed by atoms with E-state index >= 15 is 0 Å². The van der Waals surface area contributed by atoms with Crippen molar-refractivity contribution in [1.82, 2.24) is 9.97 Å². The van der Waals surface area contributed by atoms with Crippen LogP contribution < -0.4 is 9.47 Å². The van der Waals surface area contributed by atoms with Crippen LogP contribution in [-0.2, 0) is 0 Å². The highest BCUT2D eigenvalue weighted by Crippen LogP contribution is 2.31. The van der Waals surface area contributed by atoms with Crippen LogP contribution in [0.15, 0.2) is 42.5 Å². The third-order valence-corrected chi connectivity index (χ3v) is 3.59. The number of methoxy groups -OCH3 is 2. The molecule has 0 radical (unpaired) electrons. The van der Waals surface area contributed by atoms with Gasteiger partial charge in [0.05, 0.1) is 14.2 Å². The lowest BCUT2D eigenvalue weighted by Gasteiger charge is -2.10. The predicted molar refractivity (Wildman–Crippen MR) is 85.5 cm³/mol. The summed E-state index contributed by atoms with van der Waals surface area (Å²) >= 11 is 5.36. The van der Waals surface area contributed by atoms with Gasteiger partial charge in [-0.05, 0) is 30.3 Å². The van der Waals surface area contributed by atoms with Gasteiger partial charge in [-0.15, -0.1) is 0 Å². The van der Waals surface area contributed by atoms with E-state index in [-0.39, 0.29) is 0 Å². The number of rotatable bonds is 3. The lowest BCUT2D eigenvalue weighted by Crippen LogP contribution is -1.94. The van der Waals surface area contributed by atoms with Crippen molar-refractivity contribution in [3.05, 3.63) is 47.1 Å². The Morgan fingerprint density at radius 2 is 1.76 bits per heavy atom. The van der Waals surface area contributed by atoms with Crippen molar-refractivity contribution in [2.24, 2.45) is 0 Å². The van der Waals surface area contributed by atoms with Gasteiger partial charge >= 0.3 is 0 Å². The average Bonchev–Trinajstić information content (AvgIpc) is 2.54. The smallest absolute Gasteiger partial charge is 0.161 e. The van der Waals surface area contributed by atoms with E-state index in [1.807, 2.05) is 42.5 Å². The van der Waals surface area contributed by atoms with Crippen LogP contribution in [0, 0.1) is 4.64 Å². The Balaban J connectivity index is 2.18. The fourth-order valence-electron chi connectivity index (χ4n) is 2.22. The molecule has 5 heteroatoms. The van der Waals surface area contributed by atoms with Crippen molar-refractivity contribution in [2.75, 3.05) is 14.2 Å². The zero-order valence-electron chi connectivity index (χ0n) is 11.7. The number of aromatic amines is 1. The van der Waals surface area contributed by atoms with Crippen LogP contribution in [0.5, 0.6) is 11.5 Å². The second-order valence-corrected chi connectivity index (χ2v) is 4.89. The van der Waals surface area contributed by atoms with Crippen LogP contribution in [0.1, 0.15) is 0 Å². The molecule has 0 aliphatic rings. The average molecular weight is 298 g/mol. The first-order chi connectivity index (χ1) is 10.2. The summed E-state index contributed by atoms with van der Waals surface area (Å²) in [7, 11) is 3.22. The molecule has 1 N–H and O–H groups in total. The van der Waals surface area contributed by atoms with Crippen LogP contribution >= 0.6 is 12.2 Å². The van der Waals surface area contributed by atoms with Gasteiger partial charge in [-0.1, -0.05) is 24.4 Å². The van der Waals surface area contributed by atoms with Gasteiger partial charge in [0.1, 0.15) is 10.5 Å². The lowest BCUT2D eigenvalue weighted by atomic mass is 10.1. The Morgan fingerprint density at radius 3 is 2.52 bits per heavy atom. The minimum atomic E-state index is 0.578. The first-order valence-electron chi connectivity index (χ1n) is 6.44. The fraction of sp³-hybridized carbons (Fsp3) is 0.125. The number of fused-ring (bicyclic) bond motifs is 1. The van der Waals surface area contributed by atoms with E-state index in [1.165, 1.54) is 0 Å². The van der Waals surface area contributed by atoms with Crippen molar-refractivity contribution in [2.45, 2.75) is 0 Å². The first-order valence-corrected chi connectivity index (χ1v) is 6.85. The summed E-state index contributed by atoms with van der Waals surface area (Å²) in [6.45, 7) is 0. The number of benzene rings is 2. The van der Waals surface area contributed by atoms with E-state index in [0.29, 0.717) is 22.0 Å². The lowest BCUT2D eigenvalue weighted by molar-refractivity contribution is 0.355. The highest BCUT2D eigenvalue weighted by atomic mass is 32.1. The molecule has 0 spiro atoms. The zero-order chi connectivity index (χ0) is 14.8. The van der Waals surface area contributed by atoms with Crippen molar-refractivity contribution < 1.29 is 9.47 Å². The standard InChI is InChI=1S/C16H14N2O2S/c1-19-13-8-7-10(9-14(13)20-2)15-17-12-6-4-3-5-11(12)16(21)18-15/h3-9H,1-2H3,(H,17,18,21). The molecule has 0 unspecified atom stereocenters. The van der Waals surface area contributed by atoms with E-state index in [2.05, 4.69) is 9.97 Å². The van der Waals surface area contributed by atoms with Gasteiger partial charge in [-0.3, -0.25) is 0 Å². The van der Waals surface area contributed by atoms with Crippen molar-refractivity contribution in [1.29, 1.82) is 0 Å². The molecule has 3 rings (SSSR count). The number of hydrogen-bond acceptors (Lipinski definition) is 4. The molecule has 0 saturated heterocycles. The molecule has 21 heavy (non-hydrogen) atoms. The van der Waals surface area contributed by atoms with Gasteiger partial charge in [-0.25, -0.2) is 4.98 Å². The maximum atomic E-state index is 5.36. The van der Waals surface area contributed by atoms with Gasteiger partial charge in [0.25, 0.3) is 0 Å². The maximum absolute atomic E-state index is 5.36. The topological polar surface area (TPSA) is 47.1 Å². The molecule has 0 saturated carbocycles. The fourth-order valence-corrected chi connectivity index (χ4v) is 2.49. The quantitative estimate of drug-likeness (QED) is 0.743. The normalized spacial score (nSPS) is 10.6. The van der Waals surface area contributed by atoms with E-state index in [4.69, 9.17) is 21.7 Å². The van der Waals surface area contributed by atoms with Crippen LogP contribution in [0.3, 0.4) is 0 Å². The second kappa shape index (κ2) is 5.54. The van der Waals surface area contributed by atoms with Crippen molar-refractivity contribution in [3.63, 3.8) is 0 Å². The Hall–Kier alpha value is -2.40. The Labute approximate surface area is 127 Å². The predicted octanol–water partition coefficient (Wildman–Crippen LogP) is 3.98. The number of para-hydroxylation sites is 1. The summed E-state index contributed by atoms with van der Waals surface area (Å²) in [6.07, 6.45) is 0. The van der Waals surface area contributed by atoms with Gasteiger partial charge in [0, 0.05) is 16.5 Å². The van der Waals surface area contributed by atoms with E-state index in [0.717, 1.165) is 16.5 Å². The summed E-state index contributed by atoms with van der Waals surface area (Å²) in [5, 5.41) is 0.941. The first kappa shape index (κ1) is 13.6. The molecule has 0 fully saturated rings. The number of aromatic nitrogens is 2. The molecule has 3 aromatic rings. The molecular weight excluding hydrogens is 284 g/mol. The molecule has 0 aliphatic heterocycles. The molecule has 1 heterocycles. The van der Waals surface area contributed by atoms with Gasteiger partial charge in [-0.2, -0.15) is 0 Å². The molecule has 106 valence electrons. The Bertz CT molecular complexity index is 858. The summed E-state index contributed by atoms with van der Waals surface area (Å²) in [6, 6.07) is 13.5. The second-order valence-electron chi connectivity index (χ2n) is 4.51. The Kier molecular flexibility index (Phi) is 3.58. The van der Waals surface area contributed by atoms with Crippen LogP contribution in [0.2, 0.25) is 0 Å². The molecular formula is C16H14N2O2S. The number of ether oxygens (including phenoxy) is 2. The summed E-state index contributed by atoms with van der Waals surface area (Å²) in [4.78, 5) is 7.76. The maximum Gasteiger partial charge on any atom is 0.161 e. The van der Waals surface area contributed by atoms with Gasteiger partial charge < -0.3 is 14.5 Å². The number of nitrogens with one attached hydrogen (secondary N) is 1. The molecule has 2 aromatic carbocycles. The van der Waals surface area contributed by atoms with Crippen molar-refractivity contribution >= 4 is 23.1 Å². The van der Waals surface area contributed by atoms with Gasteiger partial charge in [0.2, 0.25) is 0 Å². The third kappa shape index (κ3) is 2.48. The summed E-state index contributed by atoms with van der Waals surface area (Å²) in [5.41, 5.74) is 1.85. The molecule has 4 nitrogen and oxygen atoms in total. The van der Waals surface area contributed by atoms with E-state index < -0.39 is 0 Å². The van der Waals surface area contributed by atoms with Gasteiger partial charge in [0.15, 0.2) is 11.5 Å². The molecule has 1 aromatic heterocycles. The molecule has 0 amide bonds. The highest BCUT2D eigenvalue weighted by Gasteiger charge is 2.08. The minimum absolute atomic E-state index is 0.578. The number of H-pyrrole nitrogens is 1. The van der Waals surface area contributed by atoms with E-state index in [1.54, 1.807) is 14.2 Å². The number of nitrogens with zero attached hydrogens (tertiary/aromatic N) is 1. The summed E-state index contributed by atoms with van der Waals surface area (Å²) < 4.78 is 11.1. The third-order valence-electron chi connectivity index (χ3n) is 3.28. The Morgan fingerprint density at radius 1 is 1.00 bits per heavy atom. The summed E-state index contributed by atoms with van der Waals surface area (Å²) in [5.74, 6) is 2.05. The molecule has 0 bridgehead atoms.